The maximum atomic E-state index is 14.0. The number of nitrogens with one attached hydrogen (secondary N) is 1. The van der Waals surface area contributed by atoms with Gasteiger partial charge in [-0.1, -0.05) is 0 Å². The van der Waals surface area contributed by atoms with E-state index in [-0.39, 0.29) is 18.3 Å². The largest absolute Gasteiger partial charge is 0.462 e. The molecule has 0 spiro atoms. The molecule has 0 saturated heterocycles. The summed E-state index contributed by atoms with van der Waals surface area (Å²) in [4.78, 5) is 24.9. The fourth-order valence-corrected chi connectivity index (χ4v) is 5.46. The minimum Gasteiger partial charge on any atom is -0.462 e. The Kier molecular flexibility index (Phi) is 8.85. The first kappa shape index (κ1) is 28.1. The van der Waals surface area contributed by atoms with Crippen molar-refractivity contribution >= 4 is 30.5 Å². The standard InChI is InChI=1S/C25H31N8O5P/c1-16(2)37-25(34)18(4)32-39(35,38-20-9-7-19(8-10-20)21-6-5-11-30-31-21)15-36-17(3)12-33-14-29-22-23(26)27-13-28-24(22)33/h5-11,13-14,16-18H,12,15H2,1-4H3,(H,32,35)(H2,26,27,28)/t17-,18+,39?/m1/s1. The maximum Gasteiger partial charge on any atom is 0.342 e. The van der Waals surface area contributed by atoms with Crippen LogP contribution in [0.25, 0.3) is 22.4 Å². The average Bonchev–Trinajstić information content (AvgIpc) is 3.32. The van der Waals surface area contributed by atoms with Crippen molar-refractivity contribution < 1.29 is 23.4 Å². The maximum absolute atomic E-state index is 14.0. The summed E-state index contributed by atoms with van der Waals surface area (Å²) in [7, 11) is -3.75. The number of imidazole rings is 1. The fraction of sp³-hybridized carbons (Fsp3) is 0.360. The van der Waals surface area contributed by atoms with Crippen LogP contribution in [0.15, 0.2) is 55.2 Å². The third-order valence-electron chi connectivity index (χ3n) is 5.48. The highest BCUT2D eigenvalue weighted by Gasteiger charge is 2.32. The lowest BCUT2D eigenvalue weighted by atomic mass is 10.1. The number of hydrogen-bond acceptors (Lipinski definition) is 11. The molecule has 3 N–H and O–H groups in total. The highest BCUT2D eigenvalue weighted by Crippen LogP contribution is 2.44. The topological polar surface area (TPSA) is 169 Å². The third-order valence-corrected chi connectivity index (χ3v) is 7.26. The molecule has 14 heteroatoms. The first-order valence-electron chi connectivity index (χ1n) is 12.3. The number of anilines is 1. The molecule has 1 aromatic carbocycles. The molecule has 0 fully saturated rings. The summed E-state index contributed by atoms with van der Waals surface area (Å²) in [5.74, 6) is 0.0518. The summed E-state index contributed by atoms with van der Waals surface area (Å²) < 4.78 is 32.8. The van der Waals surface area contributed by atoms with E-state index in [0.29, 0.717) is 29.2 Å². The van der Waals surface area contributed by atoms with Gasteiger partial charge in [-0.2, -0.15) is 10.2 Å². The van der Waals surface area contributed by atoms with Crippen LogP contribution < -0.4 is 15.3 Å². The molecule has 0 radical (unpaired) electrons. The van der Waals surface area contributed by atoms with Crippen LogP contribution in [0.1, 0.15) is 27.7 Å². The number of rotatable bonds is 12. The van der Waals surface area contributed by atoms with Crippen molar-refractivity contribution in [3.63, 3.8) is 0 Å². The third kappa shape index (κ3) is 7.34. The zero-order valence-electron chi connectivity index (χ0n) is 22.1. The van der Waals surface area contributed by atoms with Gasteiger partial charge in [0.15, 0.2) is 11.5 Å². The summed E-state index contributed by atoms with van der Waals surface area (Å²) in [5.41, 5.74) is 8.42. The van der Waals surface area contributed by atoms with Crippen LogP contribution >= 0.6 is 7.52 Å². The lowest BCUT2D eigenvalue weighted by Gasteiger charge is -2.25. The zero-order chi connectivity index (χ0) is 28.0. The van der Waals surface area contributed by atoms with E-state index >= 15 is 0 Å². The fourth-order valence-electron chi connectivity index (χ4n) is 3.67. The number of esters is 1. The van der Waals surface area contributed by atoms with Gasteiger partial charge in [-0.3, -0.25) is 9.36 Å². The molecule has 3 heterocycles. The van der Waals surface area contributed by atoms with Crippen molar-refractivity contribution in [1.82, 2.24) is 34.8 Å². The van der Waals surface area contributed by atoms with Crippen molar-refractivity contribution in [1.29, 1.82) is 0 Å². The molecule has 206 valence electrons. The van der Waals surface area contributed by atoms with Crippen molar-refractivity contribution in [3.05, 3.63) is 55.2 Å². The molecule has 0 aliphatic heterocycles. The molecule has 0 aliphatic rings. The van der Waals surface area contributed by atoms with Gasteiger partial charge < -0.3 is 24.3 Å². The number of hydrogen-bond donors (Lipinski definition) is 2. The molecule has 4 rings (SSSR count). The van der Waals surface area contributed by atoms with Crippen molar-refractivity contribution in [2.75, 3.05) is 12.1 Å². The first-order valence-corrected chi connectivity index (χ1v) is 14.1. The first-order chi connectivity index (χ1) is 18.6. The Balaban J connectivity index is 1.48. The second-order valence-corrected chi connectivity index (χ2v) is 11.2. The van der Waals surface area contributed by atoms with Gasteiger partial charge in [0.1, 0.15) is 30.0 Å². The minimum absolute atomic E-state index is 0.280. The highest BCUT2D eigenvalue weighted by molar-refractivity contribution is 7.57. The predicted octanol–water partition coefficient (Wildman–Crippen LogP) is 3.43. The number of nitrogens with zero attached hydrogens (tertiary/aromatic N) is 6. The lowest BCUT2D eigenvalue weighted by molar-refractivity contribution is -0.149. The Morgan fingerprint density at radius 3 is 2.56 bits per heavy atom. The highest BCUT2D eigenvalue weighted by atomic mass is 31.2. The van der Waals surface area contributed by atoms with Gasteiger partial charge in [0.05, 0.1) is 30.8 Å². The quantitative estimate of drug-likeness (QED) is 0.193. The molecule has 0 bridgehead atoms. The molecule has 0 aliphatic carbocycles. The van der Waals surface area contributed by atoms with Crippen LogP contribution in [-0.4, -0.2) is 60.3 Å². The van der Waals surface area contributed by atoms with E-state index in [1.54, 1.807) is 68.2 Å². The van der Waals surface area contributed by atoms with Gasteiger partial charge in [0.2, 0.25) is 0 Å². The van der Waals surface area contributed by atoms with Crippen molar-refractivity contribution in [2.24, 2.45) is 0 Å². The van der Waals surface area contributed by atoms with E-state index in [4.69, 9.17) is 19.7 Å². The molecule has 3 aromatic heterocycles. The molecule has 1 unspecified atom stereocenters. The van der Waals surface area contributed by atoms with Crippen LogP contribution in [0.5, 0.6) is 5.75 Å². The van der Waals surface area contributed by atoms with Crippen LogP contribution in [0.4, 0.5) is 5.82 Å². The number of benzene rings is 1. The summed E-state index contributed by atoms with van der Waals surface area (Å²) in [6.07, 6.45) is 3.48. The number of ether oxygens (including phenoxy) is 2. The Morgan fingerprint density at radius 1 is 1.10 bits per heavy atom. The summed E-state index contributed by atoms with van der Waals surface area (Å²) in [6, 6.07) is 9.60. The second-order valence-electron chi connectivity index (χ2n) is 9.17. The Morgan fingerprint density at radius 2 is 1.87 bits per heavy atom. The molecular weight excluding hydrogens is 523 g/mol. The van der Waals surface area contributed by atoms with Crippen LogP contribution in [0.3, 0.4) is 0 Å². The smallest absolute Gasteiger partial charge is 0.342 e. The average molecular weight is 555 g/mol. The molecule has 13 nitrogen and oxygen atoms in total. The SMILES string of the molecule is CC(C)OC(=O)[C@H](C)NP(=O)(CO[C@H](C)Cn1cnc2c(N)ncnc21)Oc1ccc(-c2cccnn2)cc1. The van der Waals surface area contributed by atoms with Gasteiger partial charge in [-0.05, 0) is 64.1 Å². The number of carbonyl (C=O) groups is 1. The number of aromatic nitrogens is 6. The zero-order valence-corrected chi connectivity index (χ0v) is 23.0. The van der Waals surface area contributed by atoms with Crippen LogP contribution in [0, 0.1) is 0 Å². The Bertz CT molecular complexity index is 1450. The number of carbonyl (C=O) groups excluding carboxylic acids is 1. The van der Waals surface area contributed by atoms with Crippen LogP contribution in [0.2, 0.25) is 0 Å². The molecular formula is C25H31N8O5P. The molecule has 0 saturated carbocycles. The van der Waals surface area contributed by atoms with E-state index < -0.39 is 25.6 Å². The normalized spacial score (nSPS) is 14.6. The van der Waals surface area contributed by atoms with E-state index in [9.17, 15) is 9.36 Å². The van der Waals surface area contributed by atoms with Crippen LogP contribution in [-0.2, 0) is 25.4 Å². The van der Waals surface area contributed by atoms with Gasteiger partial charge in [0, 0.05) is 11.8 Å². The molecule has 3 atom stereocenters. The summed E-state index contributed by atoms with van der Waals surface area (Å²) in [6.45, 7) is 7.20. The van der Waals surface area contributed by atoms with Gasteiger partial charge in [-0.15, -0.1) is 0 Å². The van der Waals surface area contributed by atoms with E-state index in [2.05, 4.69) is 30.2 Å². The molecule has 0 amide bonds. The molecule has 4 aromatic rings. The number of nitrogens with two attached hydrogens (primary N) is 1. The van der Waals surface area contributed by atoms with E-state index in [1.807, 2.05) is 13.0 Å². The monoisotopic (exact) mass is 554 g/mol. The van der Waals surface area contributed by atoms with Gasteiger partial charge in [-0.25, -0.2) is 20.0 Å². The summed E-state index contributed by atoms with van der Waals surface area (Å²) in [5, 5.41) is 10.8. The predicted molar refractivity (Wildman–Crippen MR) is 145 cm³/mol. The number of nitrogen functional groups attached to an aromatic ring is 1. The molecule has 39 heavy (non-hydrogen) atoms. The summed E-state index contributed by atoms with van der Waals surface area (Å²) >= 11 is 0. The van der Waals surface area contributed by atoms with E-state index in [0.717, 1.165) is 5.56 Å². The van der Waals surface area contributed by atoms with Crippen molar-refractivity contribution in [3.8, 4) is 17.0 Å². The minimum atomic E-state index is -3.75. The Hall–Kier alpha value is -3.93. The van der Waals surface area contributed by atoms with Crippen molar-refractivity contribution in [2.45, 2.75) is 52.5 Å². The van der Waals surface area contributed by atoms with E-state index in [1.165, 1.54) is 6.33 Å². The second kappa shape index (κ2) is 12.3. The van der Waals surface area contributed by atoms with Gasteiger partial charge >= 0.3 is 13.5 Å². The Labute approximate surface area is 225 Å². The number of fused-ring (bicyclic) bond motifs is 1. The lowest BCUT2D eigenvalue weighted by Crippen LogP contribution is -2.37. The van der Waals surface area contributed by atoms with Gasteiger partial charge in [0.25, 0.3) is 0 Å².